The number of hydrogen-bond acceptors (Lipinski definition) is 12. The third-order valence-corrected chi connectivity index (χ3v) is 16.0. The molecule has 0 N–H and O–H groups in total. The van der Waals surface area contributed by atoms with Gasteiger partial charge in [0, 0.05) is 16.1 Å². The molecule has 0 amide bonds. The second-order valence-electron chi connectivity index (χ2n) is 22.3. The molecule has 0 unspecified atom stereocenters. The number of rotatable bonds is 4. The second kappa shape index (κ2) is 18.0. The van der Waals surface area contributed by atoms with Gasteiger partial charge in [-0.15, -0.1) is 0 Å². The Morgan fingerprint density at radius 2 is 0.770 bits per heavy atom. The molecule has 3 aliphatic heterocycles. The summed E-state index contributed by atoms with van der Waals surface area (Å²) in [5, 5.41) is 7.29. The number of nitrogens with zero attached hydrogens (tertiary/aromatic N) is 4. The molecule has 0 radical (unpaired) electrons. The van der Waals surface area contributed by atoms with Gasteiger partial charge in [0.25, 0.3) is 0 Å². The lowest BCUT2D eigenvalue weighted by atomic mass is 9.49. The molecular weight excluding hydrogens is 949 g/mol. The number of halogens is 1. The molecule has 7 heterocycles. The highest BCUT2D eigenvalue weighted by molar-refractivity contribution is 7.11. The Bertz CT molecular complexity index is 3680. The topological polar surface area (TPSA) is 133 Å². The lowest BCUT2D eigenvalue weighted by Crippen LogP contribution is -2.41. The van der Waals surface area contributed by atoms with Gasteiger partial charge in [-0.1, -0.05) is 109 Å². The first-order chi connectivity index (χ1) is 35.0. The van der Waals surface area contributed by atoms with Crippen molar-refractivity contribution in [2.75, 3.05) is 0 Å². The molecule has 3 fully saturated rings. The van der Waals surface area contributed by atoms with Crippen molar-refractivity contribution in [2.24, 2.45) is 0 Å². The molecule has 3 aliphatic rings. The molecular formula is C58H58B3ClN4O8. The van der Waals surface area contributed by atoms with E-state index in [4.69, 9.17) is 58.3 Å². The van der Waals surface area contributed by atoms with Crippen molar-refractivity contribution < 1.29 is 36.8 Å². The molecule has 0 bridgehead atoms. The van der Waals surface area contributed by atoms with Crippen molar-refractivity contribution in [1.29, 1.82) is 0 Å². The fourth-order valence-corrected chi connectivity index (χ4v) is 9.41. The Balaban J connectivity index is 0.000000125. The van der Waals surface area contributed by atoms with Crippen molar-refractivity contribution in [3.63, 3.8) is 0 Å². The van der Waals surface area contributed by atoms with Gasteiger partial charge < -0.3 is 36.8 Å². The van der Waals surface area contributed by atoms with Gasteiger partial charge in [-0.2, -0.15) is 0 Å². The van der Waals surface area contributed by atoms with Gasteiger partial charge in [-0.25, -0.2) is 19.9 Å². The highest BCUT2D eigenvalue weighted by atomic mass is 35.5. The Morgan fingerprint density at radius 3 is 1.18 bits per heavy atom. The van der Waals surface area contributed by atoms with Crippen LogP contribution < -0.4 is 5.46 Å². The van der Waals surface area contributed by atoms with Crippen molar-refractivity contribution >= 4 is 104 Å². The fourth-order valence-electron chi connectivity index (χ4n) is 9.29. The second-order valence-corrected chi connectivity index (χ2v) is 22.7. The van der Waals surface area contributed by atoms with E-state index in [0.717, 1.165) is 82.5 Å². The van der Waals surface area contributed by atoms with E-state index in [1.165, 1.54) is 0 Å². The maximum Gasteiger partial charge on any atom is 0.494 e. The lowest BCUT2D eigenvalue weighted by molar-refractivity contribution is 0.00578. The average Bonchev–Trinajstić information content (AvgIpc) is 4.11. The molecule has 74 heavy (non-hydrogen) atoms. The molecule has 0 atom stereocenters. The molecule has 0 saturated carbocycles. The van der Waals surface area contributed by atoms with Crippen LogP contribution in [0.1, 0.15) is 83.1 Å². The highest BCUT2D eigenvalue weighted by Crippen LogP contribution is 2.44. The van der Waals surface area contributed by atoms with Crippen molar-refractivity contribution in [1.82, 2.24) is 19.9 Å². The summed E-state index contributed by atoms with van der Waals surface area (Å²) in [4.78, 5) is 18.8. The summed E-state index contributed by atoms with van der Waals surface area (Å²) >= 11 is 5.95. The number of fused-ring (bicyclic) bond motifs is 10. The van der Waals surface area contributed by atoms with Crippen LogP contribution in [0.25, 0.3) is 88.5 Å². The summed E-state index contributed by atoms with van der Waals surface area (Å²) in [6, 6.07) is 40.2. The first-order valence-electron chi connectivity index (χ1n) is 25.1. The van der Waals surface area contributed by atoms with Crippen molar-refractivity contribution in [3.8, 4) is 22.5 Å². The molecule has 6 aromatic carbocycles. The van der Waals surface area contributed by atoms with Crippen LogP contribution in [0.5, 0.6) is 0 Å². The van der Waals surface area contributed by atoms with Gasteiger partial charge in [0.2, 0.25) is 11.4 Å². The van der Waals surface area contributed by atoms with E-state index in [2.05, 4.69) is 74.1 Å². The summed E-state index contributed by atoms with van der Waals surface area (Å²) in [5.41, 5.74) is 6.54. The Labute approximate surface area is 436 Å². The Hall–Kier alpha value is -6.16. The summed E-state index contributed by atoms with van der Waals surface area (Å²) in [5.74, 6) is 0. The largest absolute Gasteiger partial charge is 0.494 e. The monoisotopic (exact) mass is 1010 g/mol. The van der Waals surface area contributed by atoms with Crippen LogP contribution in [0.2, 0.25) is 5.02 Å². The lowest BCUT2D eigenvalue weighted by Gasteiger charge is -2.32. The molecule has 10 aromatic rings. The summed E-state index contributed by atoms with van der Waals surface area (Å²) in [6.45, 7) is 24.4. The van der Waals surface area contributed by atoms with E-state index in [1.807, 2.05) is 147 Å². The zero-order chi connectivity index (χ0) is 52.2. The molecule has 0 aliphatic carbocycles. The standard InChI is InChI=1S/C26H23BN2O3.C20H11ClN2O.C12H24B2O4/c1-25(2)26(3,4)32-27(31-25)18-12-9-17(10-13-18)20-15-28-23-22-19-8-6-5-7-16(19)11-14-21(22)30-24(23)29-20;21-14-8-5-13(6-9-14)16-11-22-19-18-15-4-2-1-3-12(15)7-10-17(18)24-20(19)23-16;1-9(2)10(3,4)16-13(15-9)14-17-11(5,6)12(7,8)18-14/h5-15H,1-4H3;1-11H;1-8H3. The first-order valence-corrected chi connectivity index (χ1v) is 25.4. The molecule has 3 saturated heterocycles. The zero-order valence-corrected chi connectivity index (χ0v) is 44.6. The number of aromatic nitrogens is 4. The number of furan rings is 2. The third kappa shape index (κ3) is 8.85. The van der Waals surface area contributed by atoms with E-state index in [1.54, 1.807) is 6.20 Å². The van der Waals surface area contributed by atoms with Crippen LogP contribution >= 0.6 is 11.6 Å². The van der Waals surface area contributed by atoms with Gasteiger partial charge in [-0.05, 0) is 134 Å². The van der Waals surface area contributed by atoms with Crippen molar-refractivity contribution in [3.05, 3.63) is 139 Å². The van der Waals surface area contributed by atoms with Crippen molar-refractivity contribution in [2.45, 2.75) is 117 Å². The van der Waals surface area contributed by atoms with Crippen LogP contribution in [-0.4, -0.2) is 74.7 Å². The molecule has 4 aromatic heterocycles. The quantitative estimate of drug-likeness (QED) is 0.155. The molecule has 0 spiro atoms. The summed E-state index contributed by atoms with van der Waals surface area (Å²) in [6.07, 6.45) is 3.59. The van der Waals surface area contributed by atoms with Gasteiger partial charge in [0.05, 0.1) is 68.2 Å². The zero-order valence-electron chi connectivity index (χ0n) is 43.9. The van der Waals surface area contributed by atoms with Gasteiger partial charge in [-0.3, -0.25) is 0 Å². The van der Waals surface area contributed by atoms with Crippen LogP contribution in [-0.2, 0) is 27.9 Å². The predicted molar refractivity (Wildman–Crippen MR) is 297 cm³/mol. The molecule has 12 nitrogen and oxygen atoms in total. The highest BCUT2D eigenvalue weighted by Gasteiger charge is 2.63. The maximum atomic E-state index is 6.16. The minimum absolute atomic E-state index is 0.360. The summed E-state index contributed by atoms with van der Waals surface area (Å²) < 4.78 is 48.2. The molecule has 374 valence electrons. The SMILES string of the molecule is CC1(C)OB(B2OC(C)(C)C(C)(C)O2)OC1(C)C.CC1(C)OB(c2ccc(-c3cnc4c(n3)oc3ccc5ccccc5c34)cc2)OC1(C)C.Clc1ccc(-c2cnc3c(n2)oc2ccc4ccccc4c23)cc1. The van der Waals surface area contributed by atoms with E-state index >= 15 is 0 Å². The van der Waals surface area contributed by atoms with Crippen LogP contribution in [0.15, 0.2) is 143 Å². The maximum absolute atomic E-state index is 6.16. The van der Waals surface area contributed by atoms with E-state index in [9.17, 15) is 0 Å². The van der Waals surface area contributed by atoms with Gasteiger partial charge >= 0.3 is 21.1 Å². The van der Waals surface area contributed by atoms with Crippen LogP contribution in [0.4, 0.5) is 0 Å². The van der Waals surface area contributed by atoms with E-state index < -0.39 is 14.0 Å². The Kier molecular flexibility index (Phi) is 12.2. The number of hydrogen-bond donors (Lipinski definition) is 0. The van der Waals surface area contributed by atoms with Crippen LogP contribution in [0.3, 0.4) is 0 Å². The van der Waals surface area contributed by atoms with Crippen LogP contribution in [0, 0.1) is 0 Å². The minimum Gasteiger partial charge on any atom is -0.436 e. The summed E-state index contributed by atoms with van der Waals surface area (Å²) in [7, 11) is -1.33. The molecule has 16 heteroatoms. The number of benzene rings is 6. The van der Waals surface area contributed by atoms with E-state index in [0.29, 0.717) is 16.4 Å². The van der Waals surface area contributed by atoms with Gasteiger partial charge in [0.15, 0.2) is 0 Å². The van der Waals surface area contributed by atoms with E-state index in [-0.39, 0.29) is 40.7 Å². The fraction of sp³-hybridized carbons (Fsp3) is 0.310. The average molecular weight is 1010 g/mol. The smallest absolute Gasteiger partial charge is 0.436 e. The Morgan fingerprint density at radius 1 is 0.405 bits per heavy atom. The predicted octanol–water partition coefficient (Wildman–Crippen LogP) is 13.6. The normalized spacial score (nSPS) is 19.1. The molecule has 13 rings (SSSR count). The minimum atomic E-state index is -0.476. The van der Waals surface area contributed by atoms with Gasteiger partial charge in [0.1, 0.15) is 22.2 Å². The first kappa shape index (κ1) is 50.0. The third-order valence-electron chi connectivity index (χ3n) is 15.8.